The summed E-state index contributed by atoms with van der Waals surface area (Å²) in [5.74, 6) is -0.651. The number of pyridine rings is 1. The molecule has 2 fully saturated rings. The van der Waals surface area contributed by atoms with Crippen molar-refractivity contribution in [1.29, 1.82) is 0 Å². The number of hydrogen-bond acceptors (Lipinski definition) is 4. The predicted molar refractivity (Wildman–Crippen MR) is 117 cm³/mol. The van der Waals surface area contributed by atoms with Crippen molar-refractivity contribution in [2.24, 2.45) is 0 Å². The lowest BCUT2D eigenvalue weighted by Gasteiger charge is -2.28. The molecule has 3 aliphatic rings. The van der Waals surface area contributed by atoms with Crippen LogP contribution in [-0.4, -0.2) is 53.0 Å². The van der Waals surface area contributed by atoms with Gasteiger partial charge in [-0.25, -0.2) is 4.39 Å². The SMILES string of the molecule is Fc1ccc(-c2[nH]cc(C3=CCN4CC5(C[C@@H]4C3)OCCO5)c2-c2ccncc2)cc1. The average molecular weight is 417 g/mol. The van der Waals surface area contributed by atoms with E-state index < -0.39 is 5.79 Å². The van der Waals surface area contributed by atoms with Crippen LogP contribution in [0.1, 0.15) is 18.4 Å². The molecule has 6 rings (SSSR count). The Morgan fingerprint density at radius 1 is 1.03 bits per heavy atom. The van der Waals surface area contributed by atoms with Crippen LogP contribution in [0.4, 0.5) is 4.39 Å². The van der Waals surface area contributed by atoms with Gasteiger partial charge in [0.05, 0.1) is 25.5 Å². The molecule has 1 aromatic carbocycles. The normalized spacial score (nSPS) is 22.6. The van der Waals surface area contributed by atoms with E-state index in [1.165, 1.54) is 23.3 Å². The number of nitrogens with zero attached hydrogens (tertiary/aromatic N) is 2. The van der Waals surface area contributed by atoms with Crippen molar-refractivity contribution in [3.05, 3.63) is 72.4 Å². The fraction of sp³-hybridized carbons (Fsp3) is 0.320. The van der Waals surface area contributed by atoms with Crippen LogP contribution >= 0.6 is 0 Å². The van der Waals surface area contributed by atoms with Crippen LogP contribution in [0.3, 0.4) is 0 Å². The Morgan fingerprint density at radius 2 is 1.81 bits per heavy atom. The van der Waals surface area contributed by atoms with Gasteiger partial charge in [0.25, 0.3) is 0 Å². The summed E-state index contributed by atoms with van der Waals surface area (Å²) in [6, 6.07) is 11.1. The van der Waals surface area contributed by atoms with E-state index in [0.29, 0.717) is 19.3 Å². The van der Waals surface area contributed by atoms with E-state index in [1.54, 1.807) is 0 Å². The molecule has 5 heterocycles. The third kappa shape index (κ3) is 3.31. The molecule has 5 nitrogen and oxygen atoms in total. The van der Waals surface area contributed by atoms with Crippen molar-refractivity contribution in [1.82, 2.24) is 14.9 Å². The molecule has 1 N–H and O–H groups in total. The Balaban J connectivity index is 1.38. The Kier molecular flexibility index (Phi) is 4.52. The molecule has 3 aliphatic heterocycles. The number of nitrogens with one attached hydrogen (secondary N) is 1. The fourth-order valence-corrected chi connectivity index (χ4v) is 5.24. The first-order chi connectivity index (χ1) is 15.2. The summed E-state index contributed by atoms with van der Waals surface area (Å²) in [5.41, 5.74) is 6.71. The van der Waals surface area contributed by atoms with Gasteiger partial charge in [0.15, 0.2) is 5.79 Å². The molecular weight excluding hydrogens is 393 g/mol. The second-order valence-electron chi connectivity index (χ2n) is 8.52. The summed E-state index contributed by atoms with van der Waals surface area (Å²) in [6.45, 7) is 3.10. The maximum Gasteiger partial charge on any atom is 0.182 e. The highest BCUT2D eigenvalue weighted by molar-refractivity contribution is 5.91. The number of fused-ring (bicyclic) bond motifs is 1. The minimum atomic E-state index is -0.417. The molecule has 2 saturated heterocycles. The van der Waals surface area contributed by atoms with Crippen molar-refractivity contribution in [2.45, 2.75) is 24.7 Å². The van der Waals surface area contributed by atoms with E-state index in [9.17, 15) is 4.39 Å². The number of benzene rings is 1. The first kappa shape index (κ1) is 18.9. The quantitative estimate of drug-likeness (QED) is 0.682. The van der Waals surface area contributed by atoms with Gasteiger partial charge < -0.3 is 14.5 Å². The summed E-state index contributed by atoms with van der Waals surface area (Å²) in [7, 11) is 0. The van der Waals surface area contributed by atoms with Gasteiger partial charge in [-0.2, -0.15) is 0 Å². The molecule has 1 spiro atoms. The largest absolute Gasteiger partial charge is 0.360 e. The molecule has 3 aromatic rings. The van der Waals surface area contributed by atoms with Gasteiger partial charge in [-0.3, -0.25) is 9.88 Å². The summed E-state index contributed by atoms with van der Waals surface area (Å²) >= 11 is 0. The zero-order valence-corrected chi connectivity index (χ0v) is 17.2. The van der Waals surface area contributed by atoms with Crippen LogP contribution in [0.25, 0.3) is 28.0 Å². The van der Waals surface area contributed by atoms with Gasteiger partial charge in [-0.15, -0.1) is 0 Å². The third-order valence-electron chi connectivity index (χ3n) is 6.68. The molecule has 1 atom stereocenters. The molecule has 31 heavy (non-hydrogen) atoms. The van der Waals surface area contributed by atoms with Crippen molar-refractivity contribution in [3.63, 3.8) is 0 Å². The topological polar surface area (TPSA) is 50.4 Å². The van der Waals surface area contributed by atoms with Crippen molar-refractivity contribution < 1.29 is 13.9 Å². The lowest BCUT2D eigenvalue weighted by Crippen LogP contribution is -2.36. The van der Waals surface area contributed by atoms with Crippen LogP contribution < -0.4 is 0 Å². The molecule has 0 aliphatic carbocycles. The smallest absolute Gasteiger partial charge is 0.182 e. The number of ether oxygens (including phenoxy) is 2. The molecule has 0 bridgehead atoms. The second-order valence-corrected chi connectivity index (χ2v) is 8.52. The average Bonchev–Trinajstić information content (AvgIpc) is 3.52. The van der Waals surface area contributed by atoms with Gasteiger partial charge in [0.1, 0.15) is 5.82 Å². The van der Waals surface area contributed by atoms with Crippen LogP contribution in [0.5, 0.6) is 0 Å². The number of aromatic amines is 1. The van der Waals surface area contributed by atoms with Crippen molar-refractivity contribution in [2.75, 3.05) is 26.3 Å². The molecule has 6 heteroatoms. The zero-order chi connectivity index (χ0) is 20.8. The Hall–Kier alpha value is -2.80. The van der Waals surface area contributed by atoms with Gasteiger partial charge >= 0.3 is 0 Å². The van der Waals surface area contributed by atoms with Crippen LogP contribution in [0.2, 0.25) is 0 Å². The van der Waals surface area contributed by atoms with E-state index in [0.717, 1.165) is 48.3 Å². The lowest BCUT2D eigenvalue weighted by molar-refractivity contribution is -0.145. The first-order valence-corrected chi connectivity index (χ1v) is 10.8. The lowest BCUT2D eigenvalue weighted by atomic mass is 9.89. The monoisotopic (exact) mass is 417 g/mol. The molecule has 2 aromatic heterocycles. The summed E-state index contributed by atoms with van der Waals surface area (Å²) in [6.07, 6.45) is 9.90. The van der Waals surface area contributed by atoms with Crippen molar-refractivity contribution >= 4 is 5.57 Å². The first-order valence-electron chi connectivity index (χ1n) is 10.8. The minimum absolute atomic E-state index is 0.234. The molecule has 0 unspecified atom stereocenters. The van der Waals surface area contributed by atoms with Gasteiger partial charge in [0.2, 0.25) is 0 Å². The fourth-order valence-electron chi connectivity index (χ4n) is 5.24. The van der Waals surface area contributed by atoms with E-state index >= 15 is 0 Å². The zero-order valence-electron chi connectivity index (χ0n) is 17.2. The highest BCUT2D eigenvalue weighted by Gasteiger charge is 2.49. The van der Waals surface area contributed by atoms with Gasteiger partial charge in [0, 0.05) is 48.7 Å². The number of halogens is 1. The maximum atomic E-state index is 13.5. The summed E-state index contributed by atoms with van der Waals surface area (Å²) in [4.78, 5) is 10.1. The number of hydrogen-bond donors (Lipinski definition) is 1. The number of H-pyrrole nitrogens is 1. The van der Waals surface area contributed by atoms with Crippen LogP contribution in [-0.2, 0) is 9.47 Å². The highest BCUT2D eigenvalue weighted by Crippen LogP contribution is 2.44. The Bertz CT molecular complexity index is 1120. The number of aromatic nitrogens is 2. The minimum Gasteiger partial charge on any atom is -0.360 e. The molecule has 158 valence electrons. The Labute approximate surface area is 180 Å². The van der Waals surface area contributed by atoms with E-state index in [-0.39, 0.29) is 5.82 Å². The standard InChI is InChI=1S/C25H24FN3O2/c26-20-3-1-18(2-4-20)24-23(17-5-8-27-9-6-17)22(15-28-24)19-7-10-29-16-25(14-21(29)13-19)30-11-12-31-25/h1-9,15,21,28H,10-14,16H2/t21-/m0/s1. The Morgan fingerprint density at radius 3 is 2.58 bits per heavy atom. The summed E-state index contributed by atoms with van der Waals surface area (Å²) < 4.78 is 25.5. The van der Waals surface area contributed by atoms with E-state index in [4.69, 9.17) is 9.47 Å². The number of rotatable bonds is 3. The van der Waals surface area contributed by atoms with Crippen molar-refractivity contribution in [3.8, 4) is 22.4 Å². The third-order valence-corrected chi connectivity index (χ3v) is 6.68. The maximum absolute atomic E-state index is 13.5. The van der Waals surface area contributed by atoms with Gasteiger partial charge in [-0.05, 0) is 59.5 Å². The van der Waals surface area contributed by atoms with Gasteiger partial charge in [-0.1, -0.05) is 6.08 Å². The molecule has 0 amide bonds. The van der Waals surface area contributed by atoms with Crippen LogP contribution in [0, 0.1) is 5.82 Å². The molecule has 0 saturated carbocycles. The van der Waals surface area contributed by atoms with E-state index in [2.05, 4.69) is 27.1 Å². The highest BCUT2D eigenvalue weighted by atomic mass is 19.1. The molecule has 0 radical (unpaired) electrons. The molecular formula is C25H24FN3O2. The predicted octanol–water partition coefficient (Wildman–Crippen LogP) is 4.49. The second kappa shape index (κ2) is 7.41. The van der Waals surface area contributed by atoms with E-state index in [1.807, 2.05) is 36.7 Å². The van der Waals surface area contributed by atoms with Crippen LogP contribution in [0.15, 0.2) is 61.1 Å². The summed E-state index contributed by atoms with van der Waals surface area (Å²) in [5, 5.41) is 0.